The minimum atomic E-state index is -0.784. The van der Waals surface area contributed by atoms with Gasteiger partial charge in [-0.2, -0.15) is 0 Å². The number of benzene rings is 1. The summed E-state index contributed by atoms with van der Waals surface area (Å²) >= 11 is 8.83. The molecule has 0 spiro atoms. The predicted octanol–water partition coefficient (Wildman–Crippen LogP) is 6.29. The van der Waals surface area contributed by atoms with Crippen molar-refractivity contribution in [1.82, 2.24) is 4.98 Å². The fourth-order valence-corrected chi connectivity index (χ4v) is 4.93. The summed E-state index contributed by atoms with van der Waals surface area (Å²) in [5.74, 6) is 1.97. The summed E-state index contributed by atoms with van der Waals surface area (Å²) in [6.07, 6.45) is 0.630. The van der Waals surface area contributed by atoms with E-state index in [-0.39, 0.29) is 13.2 Å². The largest absolute Gasteiger partial charge is 0.513 e. The maximum absolute atomic E-state index is 11.7. The van der Waals surface area contributed by atoms with Crippen molar-refractivity contribution in [3.8, 4) is 17.2 Å². The maximum Gasteiger partial charge on any atom is 0.513 e. The molecule has 3 aromatic heterocycles. The number of aromatic nitrogens is 1. The van der Waals surface area contributed by atoms with Gasteiger partial charge in [0, 0.05) is 21.9 Å². The van der Waals surface area contributed by atoms with Crippen LogP contribution in [0.4, 0.5) is 10.6 Å². The molecule has 0 amide bonds. The predicted molar refractivity (Wildman–Crippen MR) is 126 cm³/mol. The number of carbonyl (C=O) groups excluding carboxylic acids is 1. The first-order valence-corrected chi connectivity index (χ1v) is 11.7. The molecule has 0 saturated carbocycles. The normalized spacial score (nSPS) is 10.8. The Bertz CT molecular complexity index is 1240. The zero-order valence-corrected chi connectivity index (χ0v) is 19.4. The molecule has 4 rings (SSSR count). The van der Waals surface area contributed by atoms with Crippen LogP contribution in [0.2, 0.25) is 4.34 Å². The van der Waals surface area contributed by atoms with E-state index in [2.05, 4.69) is 4.98 Å². The molecule has 1 aromatic carbocycles. The number of hydrogen-bond acceptors (Lipinski definition) is 9. The molecule has 0 aliphatic rings. The monoisotopic (exact) mass is 490 g/mol. The number of nitrogen functional groups attached to an aromatic ring is 1. The molecular weight excluding hydrogens is 472 g/mol. The lowest BCUT2D eigenvalue weighted by Crippen LogP contribution is -2.10. The number of thiophene rings is 2. The Labute approximate surface area is 197 Å². The average molecular weight is 491 g/mol. The number of rotatable bonds is 8. The van der Waals surface area contributed by atoms with Crippen LogP contribution in [-0.2, 0) is 18.0 Å². The van der Waals surface area contributed by atoms with Gasteiger partial charge in [-0.05, 0) is 36.6 Å². The Morgan fingerprint density at radius 1 is 1.16 bits per heavy atom. The van der Waals surface area contributed by atoms with Crippen molar-refractivity contribution in [2.24, 2.45) is 0 Å². The van der Waals surface area contributed by atoms with E-state index in [0.29, 0.717) is 39.8 Å². The lowest BCUT2D eigenvalue weighted by Gasteiger charge is -2.10. The van der Waals surface area contributed by atoms with Crippen LogP contribution in [0.25, 0.3) is 10.1 Å². The molecule has 166 valence electrons. The molecule has 0 unspecified atom stereocenters. The zero-order chi connectivity index (χ0) is 22.5. The second kappa shape index (κ2) is 10.1. The molecule has 2 N–H and O–H groups in total. The van der Waals surface area contributed by atoms with Crippen LogP contribution >= 0.6 is 34.3 Å². The van der Waals surface area contributed by atoms with Crippen molar-refractivity contribution in [3.05, 3.63) is 62.8 Å². The van der Waals surface area contributed by atoms with Gasteiger partial charge in [0.15, 0.2) is 5.75 Å². The van der Waals surface area contributed by atoms with Crippen molar-refractivity contribution in [2.75, 3.05) is 12.3 Å². The molecule has 0 bridgehead atoms. The average Bonchev–Trinajstić information content (AvgIpc) is 3.40. The Balaban J connectivity index is 1.45. The van der Waals surface area contributed by atoms with Crippen molar-refractivity contribution in [2.45, 2.75) is 20.1 Å². The number of pyridine rings is 1. The number of carbonyl (C=O) groups is 1. The molecule has 4 aromatic rings. The summed E-state index contributed by atoms with van der Waals surface area (Å²) < 4.78 is 23.3. The van der Waals surface area contributed by atoms with Crippen LogP contribution < -0.4 is 19.9 Å². The summed E-state index contributed by atoms with van der Waals surface area (Å²) in [7, 11) is 0. The molecule has 32 heavy (non-hydrogen) atoms. The van der Waals surface area contributed by atoms with Crippen molar-refractivity contribution >= 4 is 56.3 Å². The molecule has 7 nitrogen and oxygen atoms in total. The number of fused-ring (bicyclic) bond motifs is 1. The quantitative estimate of drug-likeness (QED) is 0.290. The van der Waals surface area contributed by atoms with Gasteiger partial charge < -0.3 is 24.7 Å². The van der Waals surface area contributed by atoms with Crippen molar-refractivity contribution in [1.29, 1.82) is 0 Å². The molecule has 0 radical (unpaired) electrons. The molecule has 0 aliphatic carbocycles. The summed E-state index contributed by atoms with van der Waals surface area (Å²) in [4.78, 5) is 16.9. The first kappa shape index (κ1) is 22.2. The highest BCUT2D eigenvalue weighted by Crippen LogP contribution is 2.37. The van der Waals surface area contributed by atoms with E-state index in [1.807, 2.05) is 41.8 Å². The van der Waals surface area contributed by atoms with E-state index in [4.69, 9.17) is 36.3 Å². The third-order valence-corrected chi connectivity index (χ3v) is 6.58. The number of nitrogens with two attached hydrogens (primary N) is 1. The topological polar surface area (TPSA) is 92.9 Å². The minimum Gasteiger partial charge on any atom is -0.489 e. The van der Waals surface area contributed by atoms with Gasteiger partial charge in [-0.25, -0.2) is 9.78 Å². The fraction of sp³-hybridized carbons (Fsp3) is 0.182. The van der Waals surface area contributed by atoms with Gasteiger partial charge in [0.2, 0.25) is 0 Å². The van der Waals surface area contributed by atoms with Crippen LogP contribution in [0.5, 0.6) is 17.2 Å². The lowest BCUT2D eigenvalue weighted by atomic mass is 10.2. The van der Waals surface area contributed by atoms with Crippen molar-refractivity contribution < 1.29 is 23.7 Å². The minimum absolute atomic E-state index is 0.220. The number of hydrogen-bond donors (Lipinski definition) is 1. The second-order valence-corrected chi connectivity index (χ2v) is 9.20. The molecular formula is C22H19ClN2O5S2. The highest BCUT2D eigenvalue weighted by molar-refractivity contribution is 7.18. The Hall–Kier alpha value is -3.01. The Morgan fingerprint density at radius 3 is 2.66 bits per heavy atom. The van der Waals surface area contributed by atoms with E-state index in [1.165, 1.54) is 28.9 Å². The van der Waals surface area contributed by atoms with Crippen LogP contribution in [0.1, 0.15) is 17.4 Å². The summed E-state index contributed by atoms with van der Waals surface area (Å²) in [5.41, 5.74) is 6.93. The zero-order valence-electron chi connectivity index (χ0n) is 17.0. The lowest BCUT2D eigenvalue weighted by molar-refractivity contribution is 0.105. The van der Waals surface area contributed by atoms with Gasteiger partial charge in [0.05, 0.1) is 21.8 Å². The van der Waals surface area contributed by atoms with Gasteiger partial charge >= 0.3 is 6.16 Å². The third-order valence-electron chi connectivity index (χ3n) is 4.33. The maximum atomic E-state index is 11.7. The number of ether oxygens (including phenoxy) is 4. The fourth-order valence-electron chi connectivity index (χ4n) is 2.92. The number of nitrogens with zero attached hydrogens (tertiary/aromatic N) is 1. The summed E-state index contributed by atoms with van der Waals surface area (Å²) in [6, 6.07) is 11.2. The van der Waals surface area contributed by atoms with Gasteiger partial charge in [-0.3, -0.25) is 0 Å². The van der Waals surface area contributed by atoms with Crippen LogP contribution in [-0.4, -0.2) is 17.7 Å². The van der Waals surface area contributed by atoms with Gasteiger partial charge in [-0.1, -0.05) is 17.7 Å². The van der Waals surface area contributed by atoms with E-state index in [9.17, 15) is 4.79 Å². The van der Waals surface area contributed by atoms with Gasteiger partial charge in [-0.15, -0.1) is 22.7 Å². The molecule has 0 fully saturated rings. The molecule has 3 heterocycles. The summed E-state index contributed by atoms with van der Waals surface area (Å²) in [5, 5.41) is 2.60. The highest BCUT2D eigenvalue weighted by Gasteiger charge is 2.17. The van der Waals surface area contributed by atoms with Gasteiger partial charge in [0.25, 0.3) is 0 Å². The van der Waals surface area contributed by atoms with E-state index >= 15 is 0 Å². The molecule has 0 atom stereocenters. The Morgan fingerprint density at radius 2 is 1.94 bits per heavy atom. The SMILES string of the molecule is CCOC(=O)Oc1cnc(N)c2c(COc3cccc(OCc4ccc(Cl)s4)c3)csc12. The summed E-state index contributed by atoms with van der Waals surface area (Å²) in [6.45, 7) is 2.62. The molecule has 0 aliphatic heterocycles. The first-order chi connectivity index (χ1) is 15.5. The standard InChI is InChI=1S/C22H19ClN2O5S2/c1-2-27-22(26)30-17-9-25-21(24)19-13(12-31-20(17)19)10-28-14-4-3-5-15(8-14)29-11-16-6-7-18(23)32-16/h3-9,12H,2,10-11H2,1H3,(H2,24,25). The van der Waals surface area contributed by atoms with E-state index in [1.54, 1.807) is 6.92 Å². The van der Waals surface area contributed by atoms with Crippen LogP contribution in [0.3, 0.4) is 0 Å². The highest BCUT2D eigenvalue weighted by atomic mass is 35.5. The smallest absolute Gasteiger partial charge is 0.489 e. The molecule has 10 heteroatoms. The third kappa shape index (κ3) is 5.24. The number of halogens is 1. The van der Waals surface area contributed by atoms with E-state index < -0.39 is 6.16 Å². The first-order valence-electron chi connectivity index (χ1n) is 9.62. The second-order valence-electron chi connectivity index (χ2n) is 6.52. The van der Waals surface area contributed by atoms with Gasteiger partial charge in [0.1, 0.15) is 30.5 Å². The number of anilines is 1. The van der Waals surface area contributed by atoms with E-state index in [0.717, 1.165) is 14.8 Å². The van der Waals surface area contributed by atoms with Crippen molar-refractivity contribution in [3.63, 3.8) is 0 Å². The van der Waals surface area contributed by atoms with Crippen LogP contribution in [0, 0.1) is 0 Å². The Kier molecular flexibility index (Phi) is 6.99. The molecule has 0 saturated heterocycles. The van der Waals surface area contributed by atoms with Crippen LogP contribution in [0.15, 0.2) is 48.0 Å².